The van der Waals surface area contributed by atoms with Crippen LogP contribution < -0.4 is 10.6 Å². The van der Waals surface area contributed by atoms with E-state index in [9.17, 15) is 4.79 Å². The Balaban J connectivity index is 2.12. The van der Waals surface area contributed by atoms with Crippen LogP contribution >= 0.6 is 0 Å². The summed E-state index contributed by atoms with van der Waals surface area (Å²) in [5.41, 5.74) is -0.0892. The van der Waals surface area contributed by atoms with Crippen molar-refractivity contribution >= 4 is 5.91 Å². The molecule has 0 aromatic carbocycles. The van der Waals surface area contributed by atoms with Crippen LogP contribution in [0.4, 0.5) is 0 Å². The third kappa shape index (κ3) is 3.64. The van der Waals surface area contributed by atoms with Crippen LogP contribution in [-0.4, -0.2) is 38.3 Å². The van der Waals surface area contributed by atoms with Crippen LogP contribution in [0.5, 0.6) is 0 Å². The van der Waals surface area contributed by atoms with Crippen molar-refractivity contribution in [3.8, 4) is 0 Å². The highest BCUT2D eigenvalue weighted by molar-refractivity contribution is 5.78. The summed E-state index contributed by atoms with van der Waals surface area (Å²) >= 11 is 0. The van der Waals surface area contributed by atoms with Gasteiger partial charge in [0.25, 0.3) is 0 Å². The third-order valence-electron chi connectivity index (χ3n) is 2.88. The highest BCUT2D eigenvalue weighted by atomic mass is 16.5. The zero-order chi connectivity index (χ0) is 11.1. The topological polar surface area (TPSA) is 50.4 Å². The molecule has 0 spiro atoms. The maximum atomic E-state index is 11.4. The molecule has 0 saturated heterocycles. The van der Waals surface area contributed by atoms with Gasteiger partial charge in [0.05, 0.1) is 12.1 Å². The number of carbonyl (C=O) groups is 1. The number of ether oxygens (including phenoxy) is 1. The van der Waals surface area contributed by atoms with E-state index in [4.69, 9.17) is 4.74 Å². The minimum Gasteiger partial charge on any atom is -0.376 e. The molecule has 1 aliphatic carbocycles. The maximum absolute atomic E-state index is 11.4. The van der Waals surface area contributed by atoms with Crippen molar-refractivity contribution in [3.63, 3.8) is 0 Å². The van der Waals surface area contributed by atoms with Gasteiger partial charge in [0, 0.05) is 20.2 Å². The second-order valence-electron chi connectivity index (χ2n) is 3.94. The SMILES string of the molecule is C=CCNCC(=O)NCC1(OC)CCC1. The average Bonchev–Trinajstić information content (AvgIpc) is 2.17. The van der Waals surface area contributed by atoms with E-state index in [1.807, 2.05) is 0 Å². The van der Waals surface area contributed by atoms with Crippen LogP contribution in [-0.2, 0) is 9.53 Å². The van der Waals surface area contributed by atoms with Gasteiger partial charge < -0.3 is 15.4 Å². The largest absolute Gasteiger partial charge is 0.376 e. The summed E-state index contributed by atoms with van der Waals surface area (Å²) in [6, 6.07) is 0. The summed E-state index contributed by atoms with van der Waals surface area (Å²) in [6.07, 6.45) is 5.02. The standard InChI is InChI=1S/C11H20N2O2/c1-3-7-12-8-10(14)13-9-11(15-2)5-4-6-11/h3,12H,1,4-9H2,2H3,(H,13,14). The van der Waals surface area contributed by atoms with Crippen molar-refractivity contribution in [1.82, 2.24) is 10.6 Å². The Morgan fingerprint density at radius 2 is 2.33 bits per heavy atom. The van der Waals surface area contributed by atoms with Gasteiger partial charge in [-0.25, -0.2) is 0 Å². The van der Waals surface area contributed by atoms with E-state index in [1.165, 1.54) is 6.42 Å². The zero-order valence-corrected chi connectivity index (χ0v) is 9.34. The molecular formula is C11H20N2O2. The Morgan fingerprint density at radius 3 is 2.80 bits per heavy atom. The molecule has 1 aliphatic rings. The van der Waals surface area contributed by atoms with Gasteiger partial charge in [-0.15, -0.1) is 6.58 Å². The molecule has 0 heterocycles. The molecule has 1 rings (SSSR count). The lowest BCUT2D eigenvalue weighted by atomic mass is 9.80. The molecule has 4 nitrogen and oxygen atoms in total. The summed E-state index contributed by atoms with van der Waals surface area (Å²) in [6.45, 7) is 5.18. The molecule has 1 saturated carbocycles. The Kier molecular flexibility index (Phi) is 4.78. The monoisotopic (exact) mass is 212 g/mol. The molecule has 0 unspecified atom stereocenters. The molecule has 2 N–H and O–H groups in total. The van der Waals surface area contributed by atoms with E-state index in [0.717, 1.165) is 12.8 Å². The van der Waals surface area contributed by atoms with Crippen LogP contribution in [0, 0.1) is 0 Å². The second kappa shape index (κ2) is 5.88. The molecule has 1 fully saturated rings. The van der Waals surface area contributed by atoms with Crippen molar-refractivity contribution in [2.45, 2.75) is 24.9 Å². The van der Waals surface area contributed by atoms with Gasteiger partial charge in [0.2, 0.25) is 5.91 Å². The fourth-order valence-electron chi connectivity index (χ4n) is 1.63. The van der Waals surface area contributed by atoms with Gasteiger partial charge in [-0.3, -0.25) is 4.79 Å². The third-order valence-corrected chi connectivity index (χ3v) is 2.88. The van der Waals surface area contributed by atoms with E-state index < -0.39 is 0 Å². The Bertz CT molecular complexity index is 219. The van der Waals surface area contributed by atoms with Gasteiger partial charge in [0.15, 0.2) is 0 Å². The molecule has 0 aromatic heterocycles. The van der Waals surface area contributed by atoms with Crippen molar-refractivity contribution in [1.29, 1.82) is 0 Å². The van der Waals surface area contributed by atoms with E-state index in [0.29, 0.717) is 19.6 Å². The molecule has 0 aliphatic heterocycles. The number of hydrogen-bond donors (Lipinski definition) is 2. The molecule has 0 aromatic rings. The van der Waals surface area contributed by atoms with Crippen LogP contribution in [0.1, 0.15) is 19.3 Å². The van der Waals surface area contributed by atoms with Crippen molar-refractivity contribution in [2.75, 3.05) is 26.7 Å². The first-order valence-electron chi connectivity index (χ1n) is 5.36. The molecule has 86 valence electrons. The van der Waals surface area contributed by atoms with Crippen molar-refractivity contribution < 1.29 is 9.53 Å². The average molecular weight is 212 g/mol. The molecule has 0 radical (unpaired) electrons. The van der Waals surface area contributed by atoms with Crippen LogP contribution in [0.25, 0.3) is 0 Å². The Hall–Kier alpha value is -0.870. The summed E-state index contributed by atoms with van der Waals surface area (Å²) in [4.78, 5) is 11.4. The molecule has 0 bridgehead atoms. The first-order chi connectivity index (χ1) is 7.22. The summed E-state index contributed by atoms with van der Waals surface area (Å²) in [7, 11) is 1.71. The second-order valence-corrected chi connectivity index (χ2v) is 3.94. The number of nitrogens with one attached hydrogen (secondary N) is 2. The zero-order valence-electron chi connectivity index (χ0n) is 9.34. The van der Waals surface area contributed by atoms with E-state index in [1.54, 1.807) is 13.2 Å². The normalized spacial score (nSPS) is 17.9. The number of rotatable bonds is 7. The quantitative estimate of drug-likeness (QED) is 0.476. The van der Waals surface area contributed by atoms with Crippen molar-refractivity contribution in [3.05, 3.63) is 12.7 Å². The number of amides is 1. The fourth-order valence-corrected chi connectivity index (χ4v) is 1.63. The van der Waals surface area contributed by atoms with Crippen LogP contribution in [0.15, 0.2) is 12.7 Å². The lowest BCUT2D eigenvalue weighted by Crippen LogP contribution is -2.50. The van der Waals surface area contributed by atoms with E-state index in [-0.39, 0.29) is 11.5 Å². The lowest BCUT2D eigenvalue weighted by Gasteiger charge is -2.40. The number of carbonyl (C=O) groups excluding carboxylic acids is 1. The van der Waals surface area contributed by atoms with Crippen LogP contribution in [0.2, 0.25) is 0 Å². The minimum absolute atomic E-state index is 0.0141. The van der Waals surface area contributed by atoms with Crippen molar-refractivity contribution in [2.24, 2.45) is 0 Å². The van der Waals surface area contributed by atoms with E-state index in [2.05, 4.69) is 17.2 Å². The first kappa shape index (κ1) is 12.2. The predicted molar refractivity (Wildman–Crippen MR) is 59.7 cm³/mol. The lowest BCUT2D eigenvalue weighted by molar-refractivity contribution is -0.124. The van der Waals surface area contributed by atoms with E-state index >= 15 is 0 Å². The van der Waals surface area contributed by atoms with Gasteiger partial charge in [-0.1, -0.05) is 6.08 Å². The predicted octanol–water partition coefficient (Wildman–Crippen LogP) is 0.447. The van der Waals surface area contributed by atoms with Gasteiger partial charge in [-0.05, 0) is 19.3 Å². The van der Waals surface area contributed by atoms with Gasteiger partial charge >= 0.3 is 0 Å². The maximum Gasteiger partial charge on any atom is 0.234 e. The minimum atomic E-state index is -0.0892. The highest BCUT2D eigenvalue weighted by Gasteiger charge is 2.36. The highest BCUT2D eigenvalue weighted by Crippen LogP contribution is 2.34. The molecule has 0 atom stereocenters. The molecule has 4 heteroatoms. The fraction of sp³-hybridized carbons (Fsp3) is 0.727. The molecule has 15 heavy (non-hydrogen) atoms. The molecular weight excluding hydrogens is 192 g/mol. The Morgan fingerprint density at radius 1 is 1.60 bits per heavy atom. The van der Waals surface area contributed by atoms with Gasteiger partial charge in [-0.2, -0.15) is 0 Å². The summed E-state index contributed by atoms with van der Waals surface area (Å²) in [5, 5.41) is 5.83. The molecule has 1 amide bonds. The number of methoxy groups -OCH3 is 1. The summed E-state index contributed by atoms with van der Waals surface area (Å²) < 4.78 is 5.40. The Labute approximate surface area is 91.1 Å². The summed E-state index contributed by atoms with van der Waals surface area (Å²) in [5.74, 6) is 0.0141. The number of hydrogen-bond acceptors (Lipinski definition) is 3. The first-order valence-corrected chi connectivity index (χ1v) is 5.36. The smallest absolute Gasteiger partial charge is 0.234 e. The van der Waals surface area contributed by atoms with Gasteiger partial charge in [0.1, 0.15) is 0 Å². The van der Waals surface area contributed by atoms with Crippen LogP contribution in [0.3, 0.4) is 0 Å².